The van der Waals surface area contributed by atoms with Crippen LogP contribution in [0.15, 0.2) is 79.1 Å². The number of aryl methyl sites for hydroxylation is 1. The molecule has 1 aromatic heterocycles. The molecule has 0 saturated carbocycles. The van der Waals surface area contributed by atoms with Crippen LogP contribution in [0.25, 0.3) is 0 Å². The van der Waals surface area contributed by atoms with E-state index in [0.29, 0.717) is 29.6 Å². The lowest BCUT2D eigenvalue weighted by molar-refractivity contribution is -0.137. The number of morpholine rings is 1. The van der Waals surface area contributed by atoms with E-state index in [1.807, 2.05) is 31.2 Å². The zero-order valence-electron chi connectivity index (χ0n) is 25.0. The van der Waals surface area contributed by atoms with E-state index in [-0.39, 0.29) is 12.0 Å². The fourth-order valence-corrected chi connectivity index (χ4v) is 4.44. The van der Waals surface area contributed by atoms with Crippen LogP contribution < -0.4 is 26.4 Å². The maximum Gasteiger partial charge on any atom is 0.416 e. The van der Waals surface area contributed by atoms with Gasteiger partial charge in [-0.3, -0.25) is 14.5 Å². The molecule has 1 aliphatic heterocycles. The Morgan fingerprint density at radius 3 is 2.43 bits per heavy atom. The summed E-state index contributed by atoms with van der Waals surface area (Å²) in [7, 11) is 0. The summed E-state index contributed by atoms with van der Waals surface area (Å²) in [6, 6.07) is 18.8. The van der Waals surface area contributed by atoms with Gasteiger partial charge in [0.15, 0.2) is 0 Å². The van der Waals surface area contributed by atoms with Gasteiger partial charge in [-0.05, 0) is 55.0 Å². The molecule has 5 rings (SSSR count). The first-order valence-corrected chi connectivity index (χ1v) is 14.3. The molecule has 0 bridgehead atoms. The van der Waals surface area contributed by atoms with Crippen molar-refractivity contribution in [3.05, 3.63) is 95.8 Å². The quantitative estimate of drug-likeness (QED) is 0.169. The standard InChI is InChI=1S/C31H31F3N6O3.CH3NO/c1-21-8-9-25(38-30(41)22-4-2-5-23(16-22)31(32,33)34)18-27(21)39-29-19-28(35-20-36-29)37-24-6-3-7-26(17-24)43-15-12-40-10-13-42-14-11-40;2-1-3/h2-9,16-20H,10-15H2,1H3,(H,38,41)(H2,35,36,37,39);1H,(H2,2,3). The summed E-state index contributed by atoms with van der Waals surface area (Å²) in [5.41, 5.74) is 5.91. The molecule has 3 aromatic carbocycles. The first-order valence-electron chi connectivity index (χ1n) is 14.3. The summed E-state index contributed by atoms with van der Waals surface area (Å²) in [5.74, 6) is 1.14. The predicted molar refractivity (Wildman–Crippen MR) is 169 cm³/mol. The Morgan fingerprint density at radius 1 is 0.978 bits per heavy atom. The van der Waals surface area contributed by atoms with Crippen molar-refractivity contribution in [1.82, 2.24) is 14.9 Å². The van der Waals surface area contributed by atoms with Crippen molar-refractivity contribution in [3.63, 3.8) is 0 Å². The zero-order chi connectivity index (χ0) is 32.9. The highest BCUT2D eigenvalue weighted by Gasteiger charge is 2.31. The van der Waals surface area contributed by atoms with E-state index in [4.69, 9.17) is 14.3 Å². The van der Waals surface area contributed by atoms with E-state index in [1.54, 1.807) is 24.3 Å². The Bertz CT molecular complexity index is 1610. The van der Waals surface area contributed by atoms with Crippen molar-refractivity contribution in [3.8, 4) is 5.75 Å². The highest BCUT2D eigenvalue weighted by atomic mass is 19.4. The highest BCUT2D eigenvalue weighted by molar-refractivity contribution is 6.04. The number of aromatic nitrogens is 2. The minimum absolute atomic E-state index is 0.0944. The number of alkyl halides is 3. The van der Waals surface area contributed by atoms with E-state index in [1.165, 1.54) is 18.5 Å². The van der Waals surface area contributed by atoms with Gasteiger partial charge in [-0.2, -0.15) is 13.2 Å². The number of hydrogen-bond donors (Lipinski definition) is 4. The molecule has 2 heterocycles. The number of primary amides is 1. The maximum absolute atomic E-state index is 13.1. The van der Waals surface area contributed by atoms with Gasteiger partial charge >= 0.3 is 6.18 Å². The zero-order valence-corrected chi connectivity index (χ0v) is 25.0. The second-order valence-electron chi connectivity index (χ2n) is 10.1. The van der Waals surface area contributed by atoms with Crippen molar-refractivity contribution in [2.75, 3.05) is 55.4 Å². The maximum atomic E-state index is 13.1. The molecule has 0 aliphatic carbocycles. The number of nitrogens with two attached hydrogens (primary N) is 1. The molecule has 0 radical (unpaired) electrons. The Hall–Kier alpha value is -5.21. The second kappa shape index (κ2) is 16.2. The molecule has 14 heteroatoms. The minimum Gasteiger partial charge on any atom is -0.492 e. The number of amides is 2. The number of nitrogens with zero attached hydrogens (tertiary/aromatic N) is 3. The molecular weight excluding hydrogens is 603 g/mol. The lowest BCUT2D eigenvalue weighted by atomic mass is 10.1. The van der Waals surface area contributed by atoms with Crippen LogP contribution in [-0.2, 0) is 15.7 Å². The molecule has 2 amide bonds. The van der Waals surface area contributed by atoms with Crippen LogP contribution in [0.4, 0.5) is 41.9 Å². The Kier molecular flexibility index (Phi) is 11.9. The second-order valence-corrected chi connectivity index (χ2v) is 10.1. The van der Waals surface area contributed by atoms with Crippen molar-refractivity contribution < 1.29 is 32.2 Å². The van der Waals surface area contributed by atoms with E-state index >= 15 is 0 Å². The van der Waals surface area contributed by atoms with E-state index in [2.05, 4.69) is 36.6 Å². The molecule has 4 aromatic rings. The summed E-state index contributed by atoms with van der Waals surface area (Å²) in [5, 5.41) is 9.14. The van der Waals surface area contributed by atoms with E-state index < -0.39 is 17.6 Å². The molecule has 1 fully saturated rings. The third kappa shape index (κ3) is 10.2. The number of carbonyl (C=O) groups is 2. The Balaban J connectivity index is 0.00000154. The van der Waals surface area contributed by atoms with Crippen LogP contribution in [0.5, 0.6) is 5.75 Å². The van der Waals surface area contributed by atoms with Gasteiger partial charge in [-0.1, -0.05) is 18.2 Å². The fraction of sp³-hybridized carbons (Fsp3) is 0.250. The number of carbonyl (C=O) groups excluding carboxylic acids is 2. The molecule has 0 spiro atoms. The van der Waals surface area contributed by atoms with Crippen LogP contribution in [0.1, 0.15) is 21.5 Å². The van der Waals surface area contributed by atoms with Gasteiger partial charge in [-0.25, -0.2) is 9.97 Å². The Labute approximate surface area is 263 Å². The molecule has 242 valence electrons. The van der Waals surface area contributed by atoms with Crippen molar-refractivity contribution in [2.45, 2.75) is 13.1 Å². The predicted octanol–water partition coefficient (Wildman–Crippen LogP) is 5.36. The fourth-order valence-electron chi connectivity index (χ4n) is 4.44. The first-order chi connectivity index (χ1) is 22.1. The monoisotopic (exact) mass is 637 g/mol. The summed E-state index contributed by atoms with van der Waals surface area (Å²) in [4.78, 5) is 32.2. The molecule has 1 aliphatic rings. The number of halogens is 3. The van der Waals surface area contributed by atoms with Crippen molar-refractivity contribution >= 4 is 41.0 Å². The van der Waals surface area contributed by atoms with E-state index in [0.717, 1.165) is 62.0 Å². The van der Waals surface area contributed by atoms with Gasteiger partial charge in [0.2, 0.25) is 6.41 Å². The summed E-state index contributed by atoms with van der Waals surface area (Å²) < 4.78 is 50.5. The van der Waals surface area contributed by atoms with Crippen LogP contribution >= 0.6 is 0 Å². The van der Waals surface area contributed by atoms with Crippen LogP contribution in [0.2, 0.25) is 0 Å². The third-order valence-corrected chi connectivity index (χ3v) is 6.76. The summed E-state index contributed by atoms with van der Waals surface area (Å²) in [6.07, 6.45) is -2.87. The topological polar surface area (TPSA) is 144 Å². The molecular formula is C32H34F3N7O4. The van der Waals surface area contributed by atoms with Crippen LogP contribution in [-0.4, -0.2) is 66.6 Å². The number of nitrogens with one attached hydrogen (secondary N) is 3. The third-order valence-electron chi connectivity index (χ3n) is 6.76. The smallest absolute Gasteiger partial charge is 0.416 e. The molecule has 0 atom stereocenters. The normalized spacial score (nSPS) is 13.1. The first kappa shape index (κ1) is 33.7. The number of hydrogen-bond acceptors (Lipinski definition) is 9. The number of benzene rings is 3. The van der Waals surface area contributed by atoms with Crippen LogP contribution in [0, 0.1) is 6.92 Å². The lowest BCUT2D eigenvalue weighted by Gasteiger charge is -2.26. The SMILES string of the molecule is Cc1ccc(NC(=O)c2cccc(C(F)(F)F)c2)cc1Nc1cc(Nc2cccc(OCCN3CCOCC3)c2)ncn1.NC=O. The number of anilines is 5. The van der Waals surface area contributed by atoms with Gasteiger partial charge in [0.1, 0.15) is 30.3 Å². The average Bonchev–Trinajstić information content (AvgIpc) is 3.04. The molecule has 5 N–H and O–H groups in total. The largest absolute Gasteiger partial charge is 0.492 e. The molecule has 0 unspecified atom stereocenters. The number of ether oxygens (including phenoxy) is 2. The number of rotatable bonds is 10. The van der Waals surface area contributed by atoms with Gasteiger partial charge in [0.25, 0.3) is 5.91 Å². The van der Waals surface area contributed by atoms with Crippen molar-refractivity contribution in [1.29, 1.82) is 0 Å². The average molecular weight is 638 g/mol. The van der Waals surface area contributed by atoms with E-state index in [9.17, 15) is 18.0 Å². The molecule has 1 saturated heterocycles. The van der Waals surface area contributed by atoms with Gasteiger partial charge < -0.3 is 31.2 Å². The summed E-state index contributed by atoms with van der Waals surface area (Å²) >= 11 is 0. The van der Waals surface area contributed by atoms with Crippen LogP contribution in [0.3, 0.4) is 0 Å². The van der Waals surface area contributed by atoms with Gasteiger partial charge in [-0.15, -0.1) is 0 Å². The summed E-state index contributed by atoms with van der Waals surface area (Å²) in [6.45, 7) is 6.60. The molecule has 11 nitrogen and oxygen atoms in total. The van der Waals surface area contributed by atoms with Crippen molar-refractivity contribution in [2.24, 2.45) is 5.73 Å². The van der Waals surface area contributed by atoms with Gasteiger partial charge in [0, 0.05) is 54.4 Å². The Morgan fingerprint density at radius 2 is 1.70 bits per heavy atom. The lowest BCUT2D eigenvalue weighted by Crippen LogP contribution is -2.38. The molecule has 46 heavy (non-hydrogen) atoms. The minimum atomic E-state index is -4.54. The highest BCUT2D eigenvalue weighted by Crippen LogP contribution is 2.30. The van der Waals surface area contributed by atoms with Gasteiger partial charge in [0.05, 0.1) is 18.8 Å².